The zero-order valence-corrected chi connectivity index (χ0v) is 15.3. The second-order valence-corrected chi connectivity index (χ2v) is 6.97. The fraction of sp³-hybridized carbons (Fsp3) is 0.350. The summed E-state index contributed by atoms with van der Waals surface area (Å²) in [5.74, 6) is 0.0228. The molecule has 132 valence electrons. The van der Waals surface area contributed by atoms with Crippen LogP contribution in [-0.2, 0) is 11.3 Å². The van der Waals surface area contributed by atoms with Gasteiger partial charge in [0.05, 0.1) is 6.54 Å². The topological polar surface area (TPSA) is 35.6 Å². The van der Waals surface area contributed by atoms with Crippen molar-refractivity contribution in [2.24, 2.45) is 0 Å². The van der Waals surface area contributed by atoms with Gasteiger partial charge in [0.1, 0.15) is 0 Å². The lowest BCUT2D eigenvalue weighted by Crippen LogP contribution is -2.48. The van der Waals surface area contributed by atoms with Crippen molar-refractivity contribution in [1.29, 1.82) is 0 Å². The summed E-state index contributed by atoms with van der Waals surface area (Å²) in [7, 11) is 0. The summed E-state index contributed by atoms with van der Waals surface area (Å²) in [6.45, 7) is 7.38. The molecule has 0 spiro atoms. The third-order valence-electron chi connectivity index (χ3n) is 4.62. The van der Waals surface area contributed by atoms with Gasteiger partial charge < -0.3 is 5.32 Å². The molecule has 1 N–H and O–H groups in total. The maximum atomic E-state index is 12.2. The monoisotopic (exact) mass is 357 g/mol. The van der Waals surface area contributed by atoms with E-state index in [1.54, 1.807) is 12.1 Å². The number of halogens is 1. The molecule has 1 aliphatic rings. The van der Waals surface area contributed by atoms with Crippen LogP contribution in [0.25, 0.3) is 0 Å². The second-order valence-electron chi connectivity index (χ2n) is 6.53. The quantitative estimate of drug-likeness (QED) is 0.890. The fourth-order valence-electron chi connectivity index (χ4n) is 3.07. The van der Waals surface area contributed by atoms with Crippen LogP contribution in [0.2, 0.25) is 5.02 Å². The molecule has 1 heterocycles. The number of carbonyl (C=O) groups is 1. The molecule has 0 atom stereocenters. The van der Waals surface area contributed by atoms with Crippen LogP contribution in [0.5, 0.6) is 0 Å². The van der Waals surface area contributed by atoms with Gasteiger partial charge in [0.15, 0.2) is 0 Å². The lowest BCUT2D eigenvalue weighted by molar-refractivity contribution is -0.117. The Bertz CT molecular complexity index is 709. The van der Waals surface area contributed by atoms with Crippen LogP contribution < -0.4 is 5.32 Å². The number of rotatable bonds is 5. The van der Waals surface area contributed by atoms with Crippen molar-refractivity contribution >= 4 is 23.2 Å². The molecule has 0 bridgehead atoms. The van der Waals surface area contributed by atoms with E-state index in [4.69, 9.17) is 11.6 Å². The standard InChI is InChI=1S/C20H24ClN3O/c1-16-4-2-3-5-17(16)14-23-10-12-24(13-11-23)15-20(25)22-19-8-6-18(21)7-9-19/h2-9H,10-15H2,1H3,(H,22,25). The highest BCUT2D eigenvalue weighted by atomic mass is 35.5. The second kappa shape index (κ2) is 8.48. The van der Waals surface area contributed by atoms with Crippen LogP contribution in [0.3, 0.4) is 0 Å². The molecule has 2 aromatic rings. The summed E-state index contributed by atoms with van der Waals surface area (Å²) in [6, 6.07) is 15.7. The SMILES string of the molecule is Cc1ccccc1CN1CCN(CC(=O)Nc2ccc(Cl)cc2)CC1. The molecule has 1 fully saturated rings. The maximum absolute atomic E-state index is 12.2. The first-order valence-corrected chi connectivity index (χ1v) is 9.02. The van der Waals surface area contributed by atoms with Gasteiger partial charge in [0.2, 0.25) is 5.91 Å². The highest BCUT2D eigenvalue weighted by molar-refractivity contribution is 6.30. The van der Waals surface area contributed by atoms with E-state index < -0.39 is 0 Å². The van der Waals surface area contributed by atoms with E-state index in [1.807, 2.05) is 12.1 Å². The van der Waals surface area contributed by atoms with Crippen LogP contribution in [0.1, 0.15) is 11.1 Å². The Morgan fingerprint density at radius 1 is 1.00 bits per heavy atom. The minimum Gasteiger partial charge on any atom is -0.325 e. The molecular formula is C20H24ClN3O. The van der Waals surface area contributed by atoms with Gasteiger partial charge in [-0.2, -0.15) is 0 Å². The van der Waals surface area contributed by atoms with Crippen molar-refractivity contribution in [3.8, 4) is 0 Å². The van der Waals surface area contributed by atoms with E-state index in [-0.39, 0.29) is 5.91 Å². The third kappa shape index (κ3) is 5.30. The highest BCUT2D eigenvalue weighted by Crippen LogP contribution is 2.14. The molecule has 0 unspecified atom stereocenters. The third-order valence-corrected chi connectivity index (χ3v) is 4.87. The first-order valence-electron chi connectivity index (χ1n) is 8.65. The number of nitrogens with zero attached hydrogens (tertiary/aromatic N) is 2. The van der Waals surface area contributed by atoms with E-state index in [0.29, 0.717) is 11.6 Å². The number of aryl methyl sites for hydroxylation is 1. The minimum absolute atomic E-state index is 0.0228. The maximum Gasteiger partial charge on any atom is 0.238 e. The van der Waals surface area contributed by atoms with Gasteiger partial charge in [-0.3, -0.25) is 14.6 Å². The highest BCUT2D eigenvalue weighted by Gasteiger charge is 2.19. The lowest BCUT2D eigenvalue weighted by Gasteiger charge is -2.34. The Morgan fingerprint density at radius 2 is 1.64 bits per heavy atom. The molecule has 4 nitrogen and oxygen atoms in total. The number of hydrogen-bond acceptors (Lipinski definition) is 3. The molecule has 0 saturated carbocycles. The number of carbonyl (C=O) groups excluding carboxylic acids is 1. The van der Waals surface area contributed by atoms with Crippen LogP contribution in [-0.4, -0.2) is 48.4 Å². The van der Waals surface area contributed by atoms with Gasteiger partial charge in [-0.25, -0.2) is 0 Å². The van der Waals surface area contributed by atoms with Crippen LogP contribution in [0, 0.1) is 6.92 Å². The van der Waals surface area contributed by atoms with E-state index >= 15 is 0 Å². The molecular weight excluding hydrogens is 334 g/mol. The number of amides is 1. The van der Waals surface area contributed by atoms with Gasteiger partial charge in [-0.1, -0.05) is 35.9 Å². The average molecular weight is 358 g/mol. The molecule has 1 saturated heterocycles. The first kappa shape index (κ1) is 17.9. The van der Waals surface area contributed by atoms with Crippen molar-refractivity contribution in [3.63, 3.8) is 0 Å². The Labute approximate surface area is 154 Å². The van der Waals surface area contributed by atoms with Crippen molar-refractivity contribution in [1.82, 2.24) is 9.80 Å². The molecule has 1 amide bonds. The van der Waals surface area contributed by atoms with Gasteiger partial charge in [-0.05, 0) is 42.3 Å². The molecule has 0 radical (unpaired) electrons. The largest absolute Gasteiger partial charge is 0.325 e. The molecule has 3 rings (SSSR count). The summed E-state index contributed by atoms with van der Waals surface area (Å²) >= 11 is 5.86. The number of anilines is 1. The predicted octanol–water partition coefficient (Wildman–Crippen LogP) is 3.40. The number of benzene rings is 2. The van der Waals surface area contributed by atoms with Gasteiger partial charge in [0.25, 0.3) is 0 Å². The van der Waals surface area contributed by atoms with Crippen molar-refractivity contribution in [2.45, 2.75) is 13.5 Å². The number of nitrogens with one attached hydrogen (secondary N) is 1. The van der Waals surface area contributed by atoms with E-state index in [9.17, 15) is 4.79 Å². The van der Waals surface area contributed by atoms with Crippen LogP contribution in [0.15, 0.2) is 48.5 Å². The molecule has 1 aliphatic heterocycles. The smallest absolute Gasteiger partial charge is 0.238 e. The Hall–Kier alpha value is -1.88. The van der Waals surface area contributed by atoms with E-state index in [2.05, 4.69) is 46.3 Å². The molecule has 0 aliphatic carbocycles. The Morgan fingerprint density at radius 3 is 2.32 bits per heavy atom. The average Bonchev–Trinajstić information content (AvgIpc) is 2.61. The lowest BCUT2D eigenvalue weighted by atomic mass is 10.1. The van der Waals surface area contributed by atoms with Gasteiger partial charge >= 0.3 is 0 Å². The Kier molecular flexibility index (Phi) is 6.08. The van der Waals surface area contributed by atoms with Crippen molar-refractivity contribution in [2.75, 3.05) is 38.0 Å². The number of hydrogen-bond donors (Lipinski definition) is 1. The normalized spacial score (nSPS) is 15.9. The Balaban J connectivity index is 1.43. The summed E-state index contributed by atoms with van der Waals surface area (Å²) in [4.78, 5) is 16.8. The van der Waals surface area contributed by atoms with Crippen LogP contribution >= 0.6 is 11.6 Å². The predicted molar refractivity (Wildman–Crippen MR) is 103 cm³/mol. The van der Waals surface area contributed by atoms with Crippen LogP contribution in [0.4, 0.5) is 5.69 Å². The molecule has 25 heavy (non-hydrogen) atoms. The summed E-state index contributed by atoms with van der Waals surface area (Å²) in [6.07, 6.45) is 0. The van der Waals surface area contributed by atoms with Crippen molar-refractivity contribution < 1.29 is 4.79 Å². The molecule has 0 aromatic heterocycles. The first-order chi connectivity index (χ1) is 12.1. The summed E-state index contributed by atoms with van der Waals surface area (Å²) in [5.41, 5.74) is 3.51. The number of piperazine rings is 1. The summed E-state index contributed by atoms with van der Waals surface area (Å²) in [5, 5.41) is 3.59. The van der Waals surface area contributed by atoms with Gasteiger partial charge in [-0.15, -0.1) is 0 Å². The summed E-state index contributed by atoms with van der Waals surface area (Å²) < 4.78 is 0. The van der Waals surface area contributed by atoms with E-state index in [1.165, 1.54) is 11.1 Å². The zero-order chi connectivity index (χ0) is 17.6. The zero-order valence-electron chi connectivity index (χ0n) is 14.5. The van der Waals surface area contributed by atoms with Gasteiger partial charge in [0, 0.05) is 43.4 Å². The van der Waals surface area contributed by atoms with E-state index in [0.717, 1.165) is 38.4 Å². The molecule has 5 heteroatoms. The fourth-order valence-corrected chi connectivity index (χ4v) is 3.20. The van der Waals surface area contributed by atoms with Crippen molar-refractivity contribution in [3.05, 3.63) is 64.7 Å². The molecule has 2 aromatic carbocycles. The minimum atomic E-state index is 0.0228.